The Kier molecular flexibility index (Phi) is 5.02. The van der Waals surface area contributed by atoms with E-state index in [1.807, 2.05) is 23.5 Å². The van der Waals surface area contributed by atoms with E-state index in [0.717, 1.165) is 10.9 Å². The summed E-state index contributed by atoms with van der Waals surface area (Å²) in [6.45, 7) is 4.39. The third-order valence-corrected chi connectivity index (χ3v) is 3.71. The molecule has 0 bridgehead atoms. The zero-order valence-electron chi connectivity index (χ0n) is 8.54. The summed E-state index contributed by atoms with van der Waals surface area (Å²) < 4.78 is 0. The molecule has 0 saturated heterocycles. The minimum atomic E-state index is 0.500. The van der Waals surface area contributed by atoms with Crippen molar-refractivity contribution in [3.8, 4) is 0 Å². The first kappa shape index (κ1) is 11.2. The molecule has 2 unspecified atom stereocenters. The van der Waals surface area contributed by atoms with E-state index in [1.54, 1.807) is 0 Å². The van der Waals surface area contributed by atoms with Gasteiger partial charge in [0, 0.05) is 11.8 Å². The van der Waals surface area contributed by atoms with E-state index in [2.05, 4.69) is 30.4 Å². The molecule has 1 heterocycles. The van der Waals surface area contributed by atoms with Crippen molar-refractivity contribution in [1.82, 2.24) is 5.32 Å². The molecule has 0 fully saturated rings. The van der Waals surface area contributed by atoms with Crippen LogP contribution >= 0.6 is 23.5 Å². The van der Waals surface area contributed by atoms with Crippen LogP contribution in [0.2, 0.25) is 0 Å². The van der Waals surface area contributed by atoms with Crippen LogP contribution in [-0.2, 0) is 0 Å². The number of thioether (sulfide) groups is 2. The van der Waals surface area contributed by atoms with Crippen LogP contribution in [0.15, 0.2) is 4.99 Å². The lowest BCUT2D eigenvalue weighted by Crippen LogP contribution is -2.30. The summed E-state index contributed by atoms with van der Waals surface area (Å²) in [5, 5.41) is 4.58. The van der Waals surface area contributed by atoms with E-state index in [4.69, 9.17) is 0 Å². The molecule has 0 aromatic carbocycles. The molecule has 1 N–H and O–H groups in total. The minimum Gasteiger partial charge on any atom is -0.362 e. The Labute approximate surface area is 89.3 Å². The molecule has 0 aromatic rings. The van der Waals surface area contributed by atoms with Crippen LogP contribution in [0.25, 0.3) is 0 Å². The smallest absolute Gasteiger partial charge is 0.157 e. The number of aliphatic imine (C=N–C) groups is 1. The lowest BCUT2D eigenvalue weighted by atomic mass is 10.3. The fourth-order valence-electron chi connectivity index (χ4n) is 1.13. The maximum Gasteiger partial charge on any atom is 0.157 e. The SMILES string of the molecule is CSCCC(C)NC1=NC(C)CS1. The average Bonchev–Trinajstić information content (AvgIpc) is 2.48. The second-order valence-electron chi connectivity index (χ2n) is 3.42. The predicted octanol–water partition coefficient (Wildman–Crippen LogP) is 2.21. The molecule has 13 heavy (non-hydrogen) atoms. The average molecular weight is 218 g/mol. The third kappa shape index (κ3) is 4.27. The Morgan fingerprint density at radius 3 is 3.08 bits per heavy atom. The van der Waals surface area contributed by atoms with Crippen molar-refractivity contribution in [2.45, 2.75) is 32.4 Å². The fourth-order valence-corrected chi connectivity index (χ4v) is 2.73. The minimum absolute atomic E-state index is 0.500. The second kappa shape index (κ2) is 5.81. The zero-order valence-corrected chi connectivity index (χ0v) is 10.2. The summed E-state index contributed by atoms with van der Waals surface area (Å²) in [6, 6.07) is 1.06. The molecule has 0 saturated carbocycles. The van der Waals surface area contributed by atoms with Crippen molar-refractivity contribution in [2.75, 3.05) is 17.8 Å². The standard InChI is InChI=1S/C9H18N2S2/c1-7(4-5-12-3)10-9-11-8(2)6-13-9/h7-8H,4-6H2,1-3H3,(H,10,11). The van der Waals surface area contributed by atoms with Gasteiger partial charge in [0.25, 0.3) is 0 Å². The summed E-state index contributed by atoms with van der Waals surface area (Å²) in [4.78, 5) is 4.50. The second-order valence-corrected chi connectivity index (χ2v) is 5.42. The van der Waals surface area contributed by atoms with E-state index >= 15 is 0 Å². The number of hydrogen-bond acceptors (Lipinski definition) is 4. The van der Waals surface area contributed by atoms with Gasteiger partial charge in [-0.1, -0.05) is 11.8 Å². The number of hydrogen-bond donors (Lipinski definition) is 1. The van der Waals surface area contributed by atoms with Crippen molar-refractivity contribution < 1.29 is 0 Å². The Hall–Kier alpha value is 0.170. The maximum atomic E-state index is 4.50. The van der Waals surface area contributed by atoms with Gasteiger partial charge < -0.3 is 5.32 Å². The highest BCUT2D eigenvalue weighted by atomic mass is 32.2. The molecule has 1 rings (SSSR count). The number of rotatable bonds is 4. The molecule has 1 aliphatic heterocycles. The molecule has 2 nitrogen and oxygen atoms in total. The van der Waals surface area contributed by atoms with Gasteiger partial charge in [0.2, 0.25) is 0 Å². The van der Waals surface area contributed by atoms with Gasteiger partial charge in [0.1, 0.15) is 0 Å². The summed E-state index contributed by atoms with van der Waals surface area (Å²) >= 11 is 3.75. The van der Waals surface area contributed by atoms with Crippen LogP contribution in [0.1, 0.15) is 20.3 Å². The van der Waals surface area contributed by atoms with E-state index < -0.39 is 0 Å². The van der Waals surface area contributed by atoms with Crippen LogP contribution in [0.3, 0.4) is 0 Å². The van der Waals surface area contributed by atoms with Crippen LogP contribution in [0.4, 0.5) is 0 Å². The topological polar surface area (TPSA) is 24.4 Å². The zero-order chi connectivity index (χ0) is 9.68. The summed E-state index contributed by atoms with van der Waals surface area (Å²) in [7, 11) is 0. The highest BCUT2D eigenvalue weighted by Gasteiger charge is 2.14. The van der Waals surface area contributed by atoms with Gasteiger partial charge in [-0.15, -0.1) is 0 Å². The number of nitrogens with zero attached hydrogens (tertiary/aromatic N) is 1. The summed E-state index contributed by atoms with van der Waals surface area (Å²) in [5.41, 5.74) is 0. The lowest BCUT2D eigenvalue weighted by molar-refractivity contribution is 0.650. The molecule has 2 atom stereocenters. The fraction of sp³-hybridized carbons (Fsp3) is 0.889. The maximum absolute atomic E-state index is 4.50. The third-order valence-electron chi connectivity index (χ3n) is 1.92. The van der Waals surface area contributed by atoms with Gasteiger partial charge in [0.05, 0.1) is 6.04 Å². The van der Waals surface area contributed by atoms with E-state index in [0.29, 0.717) is 12.1 Å². The summed E-state index contributed by atoms with van der Waals surface area (Å²) in [6.07, 6.45) is 3.37. The molecular formula is C9H18N2S2. The predicted molar refractivity (Wildman–Crippen MR) is 65.0 cm³/mol. The van der Waals surface area contributed by atoms with Gasteiger partial charge >= 0.3 is 0 Å². The number of amidine groups is 1. The Morgan fingerprint density at radius 1 is 1.77 bits per heavy atom. The van der Waals surface area contributed by atoms with Crippen molar-refractivity contribution in [2.24, 2.45) is 4.99 Å². The van der Waals surface area contributed by atoms with E-state index in [9.17, 15) is 0 Å². The van der Waals surface area contributed by atoms with Crippen molar-refractivity contribution in [3.63, 3.8) is 0 Å². The molecule has 0 amide bonds. The Balaban J connectivity index is 2.20. The first-order valence-corrected chi connectivity index (χ1v) is 7.06. The van der Waals surface area contributed by atoms with Crippen LogP contribution in [0, 0.1) is 0 Å². The molecule has 76 valence electrons. The molecule has 0 aromatic heterocycles. The number of nitrogens with one attached hydrogen (secondary N) is 1. The normalized spacial score (nSPS) is 24.2. The van der Waals surface area contributed by atoms with E-state index in [-0.39, 0.29) is 0 Å². The van der Waals surface area contributed by atoms with Gasteiger partial charge in [-0.25, -0.2) is 0 Å². The van der Waals surface area contributed by atoms with Crippen LogP contribution < -0.4 is 5.32 Å². The van der Waals surface area contributed by atoms with Crippen molar-refractivity contribution in [1.29, 1.82) is 0 Å². The quantitative estimate of drug-likeness (QED) is 0.783. The Morgan fingerprint density at radius 2 is 2.54 bits per heavy atom. The molecule has 0 aliphatic carbocycles. The first-order chi connectivity index (χ1) is 6.22. The van der Waals surface area contributed by atoms with Gasteiger partial charge in [-0.3, -0.25) is 4.99 Å². The largest absolute Gasteiger partial charge is 0.362 e. The summed E-state index contributed by atoms with van der Waals surface area (Å²) in [5.74, 6) is 2.36. The van der Waals surface area contributed by atoms with Crippen LogP contribution in [0.5, 0.6) is 0 Å². The van der Waals surface area contributed by atoms with Crippen LogP contribution in [-0.4, -0.2) is 35.0 Å². The van der Waals surface area contributed by atoms with Gasteiger partial charge in [-0.05, 0) is 32.3 Å². The molecule has 1 aliphatic rings. The molecule has 0 radical (unpaired) electrons. The first-order valence-electron chi connectivity index (χ1n) is 4.68. The highest BCUT2D eigenvalue weighted by Crippen LogP contribution is 2.16. The van der Waals surface area contributed by atoms with Crippen molar-refractivity contribution in [3.05, 3.63) is 0 Å². The van der Waals surface area contributed by atoms with E-state index in [1.165, 1.54) is 12.2 Å². The molecule has 4 heteroatoms. The molecule has 0 spiro atoms. The van der Waals surface area contributed by atoms with Crippen molar-refractivity contribution >= 4 is 28.7 Å². The Bertz CT molecular complexity index is 182. The molecular weight excluding hydrogens is 200 g/mol. The van der Waals surface area contributed by atoms with Gasteiger partial charge in [-0.2, -0.15) is 11.8 Å². The monoisotopic (exact) mass is 218 g/mol. The lowest BCUT2D eigenvalue weighted by Gasteiger charge is -2.13. The highest BCUT2D eigenvalue weighted by molar-refractivity contribution is 8.14. The van der Waals surface area contributed by atoms with Gasteiger partial charge in [0.15, 0.2) is 5.17 Å².